The zero-order valence-corrected chi connectivity index (χ0v) is 30.9. The van der Waals surface area contributed by atoms with Gasteiger partial charge in [0.05, 0.1) is 21.6 Å². The Balaban J connectivity index is 1.45. The van der Waals surface area contributed by atoms with Crippen LogP contribution in [-0.4, -0.2) is 13.2 Å². The molecule has 238 valence electrons. The number of hydrogen-bond donors (Lipinski definition) is 0. The average molecular weight is 693 g/mol. The molecule has 1 aliphatic rings. The summed E-state index contributed by atoms with van der Waals surface area (Å²) in [4.78, 5) is 5.33. The minimum atomic E-state index is 0.555. The van der Waals surface area contributed by atoms with Gasteiger partial charge in [0.1, 0.15) is 0 Å². The number of unbranched alkanes of at least 4 members (excludes halogenated alkanes) is 2. The molecule has 0 saturated heterocycles. The van der Waals surface area contributed by atoms with E-state index >= 15 is 0 Å². The Hall–Kier alpha value is -2.03. The first kappa shape index (κ1) is 32.9. The molecule has 0 fully saturated rings. The lowest BCUT2D eigenvalue weighted by atomic mass is 9.96. The Bertz CT molecular complexity index is 1520. The molecule has 5 heterocycles. The molecule has 2 nitrogen and oxygen atoms in total. The van der Waals surface area contributed by atoms with Crippen molar-refractivity contribution in [2.45, 2.75) is 87.5 Å². The lowest BCUT2D eigenvalue weighted by molar-refractivity contribution is 0.199. The Kier molecular flexibility index (Phi) is 11.5. The Morgan fingerprint density at radius 2 is 1.04 bits per heavy atom. The van der Waals surface area contributed by atoms with Gasteiger partial charge in [-0.25, -0.2) is 0 Å². The van der Waals surface area contributed by atoms with Gasteiger partial charge >= 0.3 is 0 Å². The van der Waals surface area contributed by atoms with Crippen molar-refractivity contribution >= 4 is 57.1 Å². The topological polar surface area (TPSA) is 18.5 Å². The second kappa shape index (κ2) is 15.7. The van der Waals surface area contributed by atoms with Crippen LogP contribution in [0.25, 0.3) is 41.8 Å². The van der Waals surface area contributed by atoms with Crippen LogP contribution in [0.15, 0.2) is 67.7 Å². The third kappa shape index (κ3) is 7.59. The van der Waals surface area contributed by atoms with Crippen LogP contribution in [0.3, 0.4) is 0 Å². The van der Waals surface area contributed by atoms with E-state index in [0.29, 0.717) is 11.8 Å². The predicted molar refractivity (Wildman–Crippen MR) is 201 cm³/mol. The van der Waals surface area contributed by atoms with Crippen molar-refractivity contribution in [3.63, 3.8) is 0 Å². The summed E-state index contributed by atoms with van der Waals surface area (Å²) in [5.74, 6) is 2.90. The molecule has 1 aliphatic heterocycles. The second-order valence-corrected chi connectivity index (χ2v) is 17.5. The largest absolute Gasteiger partial charge is 0.489 e. The molecule has 0 saturated carbocycles. The maximum Gasteiger partial charge on any atom is 0.161 e. The summed E-state index contributed by atoms with van der Waals surface area (Å²) >= 11 is 9.40. The van der Waals surface area contributed by atoms with E-state index < -0.39 is 0 Å². The first-order valence-corrected chi connectivity index (χ1v) is 20.8. The van der Waals surface area contributed by atoms with Gasteiger partial charge in [0.15, 0.2) is 11.5 Å². The highest BCUT2D eigenvalue weighted by Crippen LogP contribution is 2.58. The highest BCUT2D eigenvalue weighted by atomic mass is 32.2. The summed E-state index contributed by atoms with van der Waals surface area (Å²) in [7, 11) is 0. The number of thiophene rings is 4. The van der Waals surface area contributed by atoms with E-state index in [1.54, 1.807) is 0 Å². The van der Waals surface area contributed by atoms with Crippen molar-refractivity contribution in [3.8, 4) is 53.3 Å². The Morgan fingerprint density at radius 3 is 1.42 bits per heavy atom. The van der Waals surface area contributed by atoms with Crippen LogP contribution >= 0.6 is 57.1 Å². The fourth-order valence-electron chi connectivity index (χ4n) is 5.88. The van der Waals surface area contributed by atoms with E-state index in [1.807, 2.05) is 57.1 Å². The summed E-state index contributed by atoms with van der Waals surface area (Å²) < 4.78 is 16.2. The van der Waals surface area contributed by atoms with Crippen molar-refractivity contribution in [1.29, 1.82) is 0 Å². The fourth-order valence-corrected chi connectivity index (χ4v) is 11.6. The van der Waals surface area contributed by atoms with Gasteiger partial charge in [0, 0.05) is 30.6 Å². The lowest BCUT2D eigenvalue weighted by Gasteiger charge is -2.22. The molecule has 2 unspecified atom stereocenters. The van der Waals surface area contributed by atoms with Crippen LogP contribution in [0.2, 0.25) is 0 Å². The van der Waals surface area contributed by atoms with Gasteiger partial charge in [-0.05, 0) is 83.0 Å². The number of ether oxygens (including phenoxy) is 2. The van der Waals surface area contributed by atoms with Gasteiger partial charge in [-0.3, -0.25) is 0 Å². The van der Waals surface area contributed by atoms with Crippen LogP contribution in [0.5, 0.6) is 11.5 Å². The Labute approximate surface area is 289 Å². The molecule has 45 heavy (non-hydrogen) atoms. The van der Waals surface area contributed by atoms with Crippen molar-refractivity contribution in [2.24, 2.45) is 11.8 Å². The SMILES string of the molecule is CCCCC(CC)COc1cc2c(cc1OCC(CC)CCCC)-c1cc(-c3cccs3)sc1Sc1sc(-c3cccs3)cc1-2. The van der Waals surface area contributed by atoms with E-state index in [0.717, 1.165) is 37.6 Å². The highest BCUT2D eigenvalue weighted by Gasteiger charge is 2.28. The van der Waals surface area contributed by atoms with Gasteiger partial charge in [0.2, 0.25) is 0 Å². The molecular formula is C38H44O2S5. The molecule has 1 aromatic carbocycles. The first-order valence-electron chi connectivity index (χ1n) is 16.6. The molecule has 6 rings (SSSR count). The van der Waals surface area contributed by atoms with E-state index in [9.17, 15) is 0 Å². The summed E-state index contributed by atoms with van der Waals surface area (Å²) in [6.07, 6.45) is 9.64. The zero-order chi connectivity index (χ0) is 31.2. The molecule has 0 N–H and O–H groups in total. The first-order chi connectivity index (χ1) is 22.1. The molecule has 0 aliphatic carbocycles. The van der Waals surface area contributed by atoms with E-state index in [1.165, 1.54) is 88.7 Å². The van der Waals surface area contributed by atoms with Gasteiger partial charge in [0.25, 0.3) is 0 Å². The molecular weight excluding hydrogens is 649 g/mol. The van der Waals surface area contributed by atoms with Gasteiger partial charge in [-0.2, -0.15) is 0 Å². The predicted octanol–water partition coefficient (Wildman–Crippen LogP) is 14.3. The summed E-state index contributed by atoms with van der Waals surface area (Å²) in [6.45, 7) is 10.6. The normalized spacial score (nSPS) is 13.5. The van der Waals surface area contributed by atoms with Crippen LogP contribution in [0.4, 0.5) is 0 Å². The number of benzene rings is 1. The van der Waals surface area contributed by atoms with Crippen LogP contribution < -0.4 is 9.47 Å². The Morgan fingerprint density at radius 1 is 0.578 bits per heavy atom. The monoisotopic (exact) mass is 692 g/mol. The number of rotatable bonds is 16. The molecule has 0 spiro atoms. The van der Waals surface area contributed by atoms with Crippen LogP contribution in [0, 0.1) is 11.8 Å². The summed E-state index contributed by atoms with van der Waals surface area (Å²) in [5.41, 5.74) is 5.14. The lowest BCUT2D eigenvalue weighted by Crippen LogP contribution is -2.14. The zero-order valence-electron chi connectivity index (χ0n) is 26.9. The molecule has 2 atom stereocenters. The van der Waals surface area contributed by atoms with Crippen molar-refractivity contribution in [3.05, 3.63) is 59.3 Å². The quantitative estimate of drug-likeness (QED) is 0.101. The number of fused-ring (bicyclic) bond motifs is 5. The maximum atomic E-state index is 6.77. The summed E-state index contributed by atoms with van der Waals surface area (Å²) in [5, 5.41) is 4.35. The summed E-state index contributed by atoms with van der Waals surface area (Å²) in [6, 6.07) is 18.2. The van der Waals surface area contributed by atoms with Gasteiger partial charge in [-0.15, -0.1) is 45.3 Å². The maximum absolute atomic E-state index is 6.77. The van der Waals surface area contributed by atoms with Crippen LogP contribution in [-0.2, 0) is 0 Å². The third-order valence-corrected chi connectivity index (χ3v) is 14.6. The standard InChI is InChI=1S/C38H44O2S5/c1-5-9-13-25(7-3)23-39-31-19-27-28(20-32(31)40-24-26(8-4)14-10-6-2)30-22-36(34-16-12-18-42-34)44-38(30)45-37-29(27)21-35(43-37)33-15-11-17-41-33/h11-12,15-22,25-26H,5-10,13-14,23-24H2,1-4H3. The van der Waals surface area contributed by atoms with E-state index in [4.69, 9.17) is 9.47 Å². The van der Waals surface area contributed by atoms with Crippen molar-refractivity contribution < 1.29 is 9.47 Å². The van der Waals surface area contributed by atoms with Crippen molar-refractivity contribution in [1.82, 2.24) is 0 Å². The number of hydrogen-bond acceptors (Lipinski definition) is 7. The van der Waals surface area contributed by atoms with E-state index in [2.05, 4.69) is 87.0 Å². The highest BCUT2D eigenvalue weighted by molar-refractivity contribution is 8.03. The van der Waals surface area contributed by atoms with E-state index in [-0.39, 0.29) is 0 Å². The molecule has 5 aromatic rings. The molecule has 7 heteroatoms. The molecule has 0 amide bonds. The van der Waals surface area contributed by atoms with Gasteiger partial charge in [-0.1, -0.05) is 90.1 Å². The van der Waals surface area contributed by atoms with Crippen LogP contribution in [0.1, 0.15) is 79.1 Å². The minimum absolute atomic E-state index is 0.555. The fraction of sp³-hybridized carbons (Fsp3) is 0.421. The van der Waals surface area contributed by atoms with Gasteiger partial charge < -0.3 is 9.47 Å². The third-order valence-electron chi connectivity index (χ3n) is 8.81. The molecule has 4 aromatic heterocycles. The van der Waals surface area contributed by atoms with Crippen molar-refractivity contribution in [2.75, 3.05) is 13.2 Å². The minimum Gasteiger partial charge on any atom is -0.489 e. The second-order valence-electron chi connectivity index (χ2n) is 12.0. The smallest absolute Gasteiger partial charge is 0.161 e. The molecule has 0 bridgehead atoms. The molecule has 0 radical (unpaired) electrons. The average Bonchev–Trinajstić information content (AvgIpc) is 3.88.